The average Bonchev–Trinajstić information content (AvgIpc) is 3.18. The molecule has 24 heavy (non-hydrogen) atoms. The predicted octanol–water partition coefficient (Wildman–Crippen LogP) is 3.56. The first-order valence-electron chi connectivity index (χ1n) is 8.54. The van der Waals surface area contributed by atoms with E-state index >= 15 is 0 Å². The Kier molecular flexibility index (Phi) is 4.33. The molecule has 1 aliphatic heterocycles. The van der Waals surface area contributed by atoms with Gasteiger partial charge in [0.1, 0.15) is 0 Å². The summed E-state index contributed by atoms with van der Waals surface area (Å²) < 4.78 is 5.58. The minimum Gasteiger partial charge on any atom is -0.378 e. The van der Waals surface area contributed by atoms with Gasteiger partial charge in [-0.25, -0.2) is 0 Å². The highest BCUT2D eigenvalue weighted by Gasteiger charge is 2.45. The number of benzene rings is 1. The molecule has 126 valence electrons. The molecular formula is C19H21ClN2O2. The molecule has 2 aliphatic rings. The first-order chi connectivity index (χ1) is 11.7. The Hall–Kier alpha value is -1.78. The van der Waals surface area contributed by atoms with E-state index in [0.29, 0.717) is 24.5 Å². The number of H-pyrrole nitrogens is 1. The van der Waals surface area contributed by atoms with Crippen LogP contribution in [0.25, 0.3) is 11.3 Å². The summed E-state index contributed by atoms with van der Waals surface area (Å²) in [7, 11) is 0. The van der Waals surface area contributed by atoms with E-state index in [2.05, 4.69) is 10.3 Å². The van der Waals surface area contributed by atoms with Crippen molar-refractivity contribution in [1.29, 1.82) is 0 Å². The van der Waals surface area contributed by atoms with Gasteiger partial charge < -0.3 is 15.0 Å². The van der Waals surface area contributed by atoms with Gasteiger partial charge in [0, 0.05) is 41.4 Å². The molecule has 4 nitrogen and oxygen atoms in total. The summed E-state index contributed by atoms with van der Waals surface area (Å²) in [5.41, 5.74) is 3.22. The number of aryl methyl sites for hydroxylation is 1. The summed E-state index contributed by atoms with van der Waals surface area (Å²) in [6.45, 7) is 0.845. The SMILES string of the molecule is O=C(CCc1ccc(-c2ccc(Cl)cc2)[nH]1)NC1CC2OCCC12. The molecule has 3 atom stereocenters. The molecule has 1 saturated heterocycles. The number of halogens is 1. The topological polar surface area (TPSA) is 54.1 Å². The number of hydrogen-bond acceptors (Lipinski definition) is 2. The minimum absolute atomic E-state index is 0.132. The van der Waals surface area contributed by atoms with E-state index in [-0.39, 0.29) is 5.91 Å². The van der Waals surface area contributed by atoms with Crippen LogP contribution in [0.15, 0.2) is 36.4 Å². The van der Waals surface area contributed by atoms with Crippen molar-refractivity contribution in [3.05, 3.63) is 47.1 Å². The van der Waals surface area contributed by atoms with Crippen molar-refractivity contribution in [2.24, 2.45) is 5.92 Å². The van der Waals surface area contributed by atoms with Crippen molar-refractivity contribution < 1.29 is 9.53 Å². The van der Waals surface area contributed by atoms with Crippen LogP contribution in [0.2, 0.25) is 5.02 Å². The molecule has 1 aromatic carbocycles. The van der Waals surface area contributed by atoms with Gasteiger partial charge >= 0.3 is 0 Å². The molecule has 1 aromatic heterocycles. The highest BCUT2D eigenvalue weighted by Crippen LogP contribution is 2.38. The van der Waals surface area contributed by atoms with Crippen LogP contribution in [0.4, 0.5) is 0 Å². The average molecular weight is 345 g/mol. The third-order valence-corrected chi connectivity index (χ3v) is 5.39. The van der Waals surface area contributed by atoms with Crippen LogP contribution < -0.4 is 5.32 Å². The number of hydrogen-bond donors (Lipinski definition) is 2. The number of amides is 1. The number of fused-ring (bicyclic) bond motifs is 1. The lowest BCUT2D eigenvalue weighted by Gasteiger charge is -2.39. The maximum Gasteiger partial charge on any atom is 0.220 e. The van der Waals surface area contributed by atoms with Gasteiger partial charge in [0.05, 0.1) is 6.10 Å². The minimum atomic E-state index is 0.132. The fourth-order valence-corrected chi connectivity index (χ4v) is 3.80. The van der Waals surface area contributed by atoms with E-state index in [1.807, 2.05) is 36.4 Å². The smallest absolute Gasteiger partial charge is 0.220 e. The molecule has 2 heterocycles. The fraction of sp³-hybridized carbons (Fsp3) is 0.421. The van der Waals surface area contributed by atoms with Crippen LogP contribution in [-0.4, -0.2) is 29.6 Å². The van der Waals surface area contributed by atoms with Crippen molar-refractivity contribution in [3.8, 4) is 11.3 Å². The Morgan fingerprint density at radius 2 is 2.08 bits per heavy atom. The lowest BCUT2D eigenvalue weighted by atomic mass is 9.76. The molecule has 0 spiro atoms. The first kappa shape index (κ1) is 15.7. The van der Waals surface area contributed by atoms with Gasteiger partial charge in [-0.15, -0.1) is 0 Å². The lowest BCUT2D eigenvalue weighted by molar-refractivity contribution is -0.124. The van der Waals surface area contributed by atoms with E-state index < -0.39 is 0 Å². The summed E-state index contributed by atoms with van der Waals surface area (Å²) in [5, 5.41) is 3.88. The van der Waals surface area contributed by atoms with Gasteiger partial charge in [-0.05, 0) is 49.1 Å². The zero-order valence-corrected chi connectivity index (χ0v) is 14.2. The summed E-state index contributed by atoms with van der Waals surface area (Å²) in [4.78, 5) is 15.5. The van der Waals surface area contributed by atoms with Gasteiger partial charge in [-0.1, -0.05) is 23.7 Å². The molecule has 0 radical (unpaired) electrons. The monoisotopic (exact) mass is 344 g/mol. The molecule has 5 heteroatoms. The second-order valence-electron chi connectivity index (χ2n) is 6.68. The van der Waals surface area contributed by atoms with Crippen LogP contribution in [0.1, 0.15) is 25.0 Å². The third-order valence-electron chi connectivity index (χ3n) is 5.13. The molecule has 2 fully saturated rings. The van der Waals surface area contributed by atoms with Gasteiger partial charge in [0.2, 0.25) is 5.91 Å². The molecule has 2 N–H and O–H groups in total. The summed E-state index contributed by atoms with van der Waals surface area (Å²) in [6, 6.07) is 12.1. The van der Waals surface area contributed by atoms with Gasteiger partial charge in [0.25, 0.3) is 0 Å². The molecular weight excluding hydrogens is 324 g/mol. The Morgan fingerprint density at radius 1 is 1.25 bits per heavy atom. The molecule has 3 unspecified atom stereocenters. The Balaban J connectivity index is 1.28. The van der Waals surface area contributed by atoms with Crippen molar-refractivity contribution in [3.63, 3.8) is 0 Å². The second-order valence-corrected chi connectivity index (χ2v) is 7.11. The van der Waals surface area contributed by atoms with E-state index in [4.69, 9.17) is 16.3 Å². The third kappa shape index (κ3) is 3.21. The van der Waals surface area contributed by atoms with Crippen LogP contribution in [0.3, 0.4) is 0 Å². The quantitative estimate of drug-likeness (QED) is 0.871. The van der Waals surface area contributed by atoms with Crippen molar-refractivity contribution in [1.82, 2.24) is 10.3 Å². The summed E-state index contributed by atoms with van der Waals surface area (Å²) in [6.07, 6.45) is 3.67. The standard InChI is InChI=1S/C19H21ClN2O2/c20-13-3-1-12(2-4-13)16-7-5-14(21-16)6-8-19(23)22-17-11-18-15(17)9-10-24-18/h1-5,7,15,17-18,21H,6,8-11H2,(H,22,23). The van der Waals surface area contributed by atoms with E-state index in [1.165, 1.54) is 0 Å². The molecule has 1 saturated carbocycles. The lowest BCUT2D eigenvalue weighted by Crippen LogP contribution is -2.53. The number of ether oxygens (including phenoxy) is 1. The Bertz CT molecular complexity index is 725. The van der Waals surface area contributed by atoms with E-state index in [1.54, 1.807) is 0 Å². The maximum absolute atomic E-state index is 12.1. The number of aromatic nitrogens is 1. The summed E-state index contributed by atoms with van der Waals surface area (Å²) >= 11 is 5.92. The highest BCUT2D eigenvalue weighted by molar-refractivity contribution is 6.30. The second kappa shape index (κ2) is 6.61. The van der Waals surface area contributed by atoms with Gasteiger partial charge in [-0.2, -0.15) is 0 Å². The highest BCUT2D eigenvalue weighted by atomic mass is 35.5. The first-order valence-corrected chi connectivity index (χ1v) is 8.91. The van der Waals surface area contributed by atoms with Crippen LogP contribution >= 0.6 is 11.6 Å². The Morgan fingerprint density at radius 3 is 2.88 bits per heavy atom. The number of rotatable bonds is 5. The zero-order valence-electron chi connectivity index (χ0n) is 13.4. The zero-order chi connectivity index (χ0) is 16.5. The van der Waals surface area contributed by atoms with Crippen molar-refractivity contribution in [2.75, 3.05) is 6.61 Å². The van der Waals surface area contributed by atoms with E-state index in [9.17, 15) is 4.79 Å². The van der Waals surface area contributed by atoms with Gasteiger partial charge in [0.15, 0.2) is 0 Å². The number of carbonyl (C=O) groups is 1. The van der Waals surface area contributed by atoms with Gasteiger partial charge in [-0.3, -0.25) is 4.79 Å². The number of nitrogens with one attached hydrogen (secondary N) is 2. The van der Waals surface area contributed by atoms with Crippen LogP contribution in [-0.2, 0) is 16.0 Å². The van der Waals surface area contributed by atoms with Crippen LogP contribution in [0.5, 0.6) is 0 Å². The number of aromatic amines is 1. The van der Waals surface area contributed by atoms with Crippen LogP contribution in [0, 0.1) is 5.92 Å². The normalized spacial score (nSPS) is 25.1. The molecule has 1 amide bonds. The predicted molar refractivity (Wildman–Crippen MR) is 94.0 cm³/mol. The molecule has 0 bridgehead atoms. The maximum atomic E-state index is 12.1. The largest absolute Gasteiger partial charge is 0.378 e. The van der Waals surface area contributed by atoms with Crippen molar-refractivity contribution in [2.45, 2.75) is 37.8 Å². The fourth-order valence-electron chi connectivity index (χ4n) is 3.67. The number of carbonyl (C=O) groups excluding carboxylic acids is 1. The summed E-state index contributed by atoms with van der Waals surface area (Å²) in [5.74, 6) is 0.670. The van der Waals surface area contributed by atoms with E-state index in [0.717, 1.165) is 47.8 Å². The Labute approximate surface area is 146 Å². The molecule has 4 rings (SSSR count). The molecule has 2 aromatic rings. The van der Waals surface area contributed by atoms with Crippen molar-refractivity contribution >= 4 is 17.5 Å². The molecule has 1 aliphatic carbocycles.